The fourth-order valence-corrected chi connectivity index (χ4v) is 2.50. The maximum absolute atomic E-state index is 5.78. The minimum Gasteiger partial charge on any atom is -0.352 e. The third-order valence-electron chi connectivity index (χ3n) is 3.17. The molecular formula is C12H18ClN3. The number of halogens is 1. The third-order valence-corrected chi connectivity index (χ3v) is 3.45. The van der Waals surface area contributed by atoms with Crippen molar-refractivity contribution in [2.75, 3.05) is 11.4 Å². The molecule has 1 aliphatic heterocycles. The van der Waals surface area contributed by atoms with Crippen molar-refractivity contribution in [2.45, 2.75) is 38.6 Å². The topological polar surface area (TPSA) is 29.0 Å². The van der Waals surface area contributed by atoms with Crippen molar-refractivity contribution >= 4 is 17.4 Å². The van der Waals surface area contributed by atoms with Crippen molar-refractivity contribution < 1.29 is 0 Å². The lowest BCUT2D eigenvalue weighted by Crippen LogP contribution is -2.34. The van der Waals surface area contributed by atoms with Gasteiger partial charge in [-0.1, -0.05) is 13.8 Å². The summed E-state index contributed by atoms with van der Waals surface area (Å²) in [5.41, 5.74) is 0.855. The molecule has 16 heavy (non-hydrogen) atoms. The Morgan fingerprint density at radius 1 is 1.50 bits per heavy atom. The molecule has 0 aromatic carbocycles. The van der Waals surface area contributed by atoms with E-state index < -0.39 is 0 Å². The van der Waals surface area contributed by atoms with Crippen LogP contribution in [0.15, 0.2) is 12.4 Å². The molecule has 2 heterocycles. The minimum absolute atomic E-state index is 0.432. The largest absolute Gasteiger partial charge is 0.352 e. The van der Waals surface area contributed by atoms with Gasteiger partial charge in [0.25, 0.3) is 0 Å². The van der Waals surface area contributed by atoms with Crippen LogP contribution < -0.4 is 4.90 Å². The number of rotatable bonds is 3. The molecule has 0 radical (unpaired) electrons. The summed E-state index contributed by atoms with van der Waals surface area (Å²) in [6.07, 6.45) is 6.08. The lowest BCUT2D eigenvalue weighted by atomic mass is 10.0. The Hall–Kier alpha value is -0.830. The molecule has 1 fully saturated rings. The molecule has 1 saturated heterocycles. The SMILES string of the molecule is CC(C)C1CCCN1c1cncc(CCl)n1. The van der Waals surface area contributed by atoms with E-state index in [4.69, 9.17) is 11.6 Å². The Balaban J connectivity index is 2.22. The summed E-state index contributed by atoms with van der Waals surface area (Å²) in [6, 6.07) is 0.597. The zero-order chi connectivity index (χ0) is 11.5. The molecule has 1 unspecified atom stereocenters. The summed E-state index contributed by atoms with van der Waals surface area (Å²) in [5.74, 6) is 2.07. The second-order valence-electron chi connectivity index (χ2n) is 4.65. The molecule has 0 amide bonds. The summed E-state index contributed by atoms with van der Waals surface area (Å²) in [7, 11) is 0. The average Bonchev–Trinajstić information content (AvgIpc) is 2.78. The van der Waals surface area contributed by atoms with Crippen LogP contribution in [0, 0.1) is 5.92 Å². The van der Waals surface area contributed by atoms with Gasteiger partial charge in [-0.05, 0) is 18.8 Å². The van der Waals surface area contributed by atoms with E-state index in [1.165, 1.54) is 12.8 Å². The molecule has 1 aliphatic rings. The molecule has 4 heteroatoms. The van der Waals surface area contributed by atoms with E-state index >= 15 is 0 Å². The summed E-state index contributed by atoms with van der Waals surface area (Å²) >= 11 is 5.78. The van der Waals surface area contributed by atoms with Crippen LogP contribution in [-0.2, 0) is 5.88 Å². The van der Waals surface area contributed by atoms with Crippen molar-refractivity contribution in [2.24, 2.45) is 5.92 Å². The summed E-state index contributed by atoms with van der Waals surface area (Å²) < 4.78 is 0. The van der Waals surface area contributed by atoms with Crippen LogP contribution in [0.4, 0.5) is 5.82 Å². The average molecular weight is 240 g/mol. The molecule has 0 saturated carbocycles. The van der Waals surface area contributed by atoms with Crippen molar-refractivity contribution in [3.05, 3.63) is 18.1 Å². The maximum Gasteiger partial charge on any atom is 0.147 e. The highest BCUT2D eigenvalue weighted by molar-refractivity contribution is 6.16. The molecule has 0 N–H and O–H groups in total. The van der Waals surface area contributed by atoms with Gasteiger partial charge < -0.3 is 4.90 Å². The normalized spacial score (nSPS) is 20.8. The van der Waals surface area contributed by atoms with E-state index in [-0.39, 0.29) is 0 Å². The van der Waals surface area contributed by atoms with Gasteiger partial charge in [-0.2, -0.15) is 0 Å². The number of anilines is 1. The Morgan fingerprint density at radius 3 is 3.00 bits per heavy atom. The quantitative estimate of drug-likeness (QED) is 0.760. The van der Waals surface area contributed by atoms with Crippen LogP contribution in [0.2, 0.25) is 0 Å². The van der Waals surface area contributed by atoms with Gasteiger partial charge in [0, 0.05) is 18.8 Å². The zero-order valence-corrected chi connectivity index (χ0v) is 10.6. The Bertz CT molecular complexity index is 354. The first-order valence-corrected chi connectivity index (χ1v) is 6.39. The van der Waals surface area contributed by atoms with E-state index in [1.54, 1.807) is 6.20 Å². The molecular weight excluding hydrogens is 222 g/mol. The van der Waals surface area contributed by atoms with E-state index in [0.29, 0.717) is 17.8 Å². The van der Waals surface area contributed by atoms with Gasteiger partial charge in [-0.15, -0.1) is 11.6 Å². The fourth-order valence-electron chi connectivity index (χ4n) is 2.37. The summed E-state index contributed by atoms with van der Waals surface area (Å²) in [6.45, 7) is 5.62. The van der Waals surface area contributed by atoms with E-state index in [1.807, 2.05) is 6.20 Å². The van der Waals surface area contributed by atoms with Crippen LogP contribution >= 0.6 is 11.6 Å². The lowest BCUT2D eigenvalue weighted by molar-refractivity contribution is 0.489. The molecule has 0 aliphatic carbocycles. The molecule has 1 aromatic rings. The number of hydrogen-bond donors (Lipinski definition) is 0. The van der Waals surface area contributed by atoms with Crippen LogP contribution in [0.5, 0.6) is 0 Å². The van der Waals surface area contributed by atoms with Gasteiger partial charge >= 0.3 is 0 Å². The van der Waals surface area contributed by atoms with Crippen LogP contribution in [0.1, 0.15) is 32.4 Å². The molecule has 88 valence electrons. The second kappa shape index (κ2) is 5.00. The highest BCUT2D eigenvalue weighted by Gasteiger charge is 2.28. The predicted octanol–water partition coefficient (Wildman–Crippen LogP) is 2.84. The van der Waals surface area contributed by atoms with E-state index in [2.05, 4.69) is 28.7 Å². The molecule has 0 spiro atoms. The Morgan fingerprint density at radius 2 is 2.31 bits per heavy atom. The molecule has 3 nitrogen and oxygen atoms in total. The molecule has 2 rings (SSSR count). The van der Waals surface area contributed by atoms with Gasteiger partial charge in [-0.3, -0.25) is 4.98 Å². The number of nitrogens with zero attached hydrogens (tertiary/aromatic N) is 3. The van der Waals surface area contributed by atoms with E-state index in [9.17, 15) is 0 Å². The standard InChI is InChI=1S/C12H18ClN3/c1-9(2)11-4-3-5-16(11)12-8-14-7-10(6-13)15-12/h7-9,11H,3-6H2,1-2H3. The van der Waals surface area contributed by atoms with Crippen molar-refractivity contribution in [3.63, 3.8) is 0 Å². The smallest absolute Gasteiger partial charge is 0.147 e. The minimum atomic E-state index is 0.432. The van der Waals surface area contributed by atoms with Gasteiger partial charge in [0.2, 0.25) is 0 Å². The van der Waals surface area contributed by atoms with E-state index in [0.717, 1.165) is 18.1 Å². The van der Waals surface area contributed by atoms with Gasteiger partial charge in [-0.25, -0.2) is 4.98 Å². The first kappa shape index (κ1) is 11.6. The predicted molar refractivity (Wildman–Crippen MR) is 66.8 cm³/mol. The number of aromatic nitrogens is 2. The fraction of sp³-hybridized carbons (Fsp3) is 0.667. The maximum atomic E-state index is 5.78. The zero-order valence-electron chi connectivity index (χ0n) is 9.86. The molecule has 0 bridgehead atoms. The monoisotopic (exact) mass is 239 g/mol. The van der Waals surface area contributed by atoms with Crippen LogP contribution in [0.25, 0.3) is 0 Å². The van der Waals surface area contributed by atoms with Gasteiger partial charge in [0.15, 0.2) is 0 Å². The summed E-state index contributed by atoms with van der Waals surface area (Å²) in [4.78, 5) is 11.1. The number of alkyl halides is 1. The van der Waals surface area contributed by atoms with Crippen LogP contribution in [-0.4, -0.2) is 22.6 Å². The highest BCUT2D eigenvalue weighted by Crippen LogP contribution is 2.28. The third kappa shape index (κ3) is 2.29. The second-order valence-corrected chi connectivity index (χ2v) is 4.92. The van der Waals surface area contributed by atoms with Gasteiger partial charge in [0.1, 0.15) is 5.82 Å². The number of hydrogen-bond acceptors (Lipinski definition) is 3. The molecule has 1 aromatic heterocycles. The molecule has 1 atom stereocenters. The van der Waals surface area contributed by atoms with Crippen molar-refractivity contribution in [1.82, 2.24) is 9.97 Å². The first-order chi connectivity index (χ1) is 7.72. The highest BCUT2D eigenvalue weighted by atomic mass is 35.5. The lowest BCUT2D eigenvalue weighted by Gasteiger charge is -2.28. The van der Waals surface area contributed by atoms with Crippen LogP contribution in [0.3, 0.4) is 0 Å². The summed E-state index contributed by atoms with van der Waals surface area (Å²) in [5, 5.41) is 0. The first-order valence-electron chi connectivity index (χ1n) is 5.86. The Kier molecular flexibility index (Phi) is 3.64. The Labute approximate surface area is 102 Å². The van der Waals surface area contributed by atoms with Crippen molar-refractivity contribution in [1.29, 1.82) is 0 Å². The van der Waals surface area contributed by atoms with Gasteiger partial charge in [0.05, 0.1) is 17.8 Å². The van der Waals surface area contributed by atoms with Crippen molar-refractivity contribution in [3.8, 4) is 0 Å².